The van der Waals surface area contributed by atoms with Gasteiger partial charge in [-0.2, -0.15) is 0 Å². The van der Waals surface area contributed by atoms with E-state index in [0.717, 1.165) is 6.07 Å². The monoisotopic (exact) mass is 247 g/mol. The molecule has 2 N–H and O–H groups in total. The Kier molecular flexibility index (Phi) is 4.47. The average Bonchev–Trinajstić information content (AvgIpc) is 2.22. The Hall–Kier alpha value is -0.900. The molecule has 90 valence electrons. The number of hydrogen-bond acceptors (Lipinski definition) is 4. The van der Waals surface area contributed by atoms with Gasteiger partial charge in [0.2, 0.25) is 0 Å². The molecule has 0 spiro atoms. The minimum Gasteiger partial charge on any atom is -0.398 e. The van der Waals surface area contributed by atoms with E-state index < -0.39 is 13.4 Å². The standard InChI is InChI=1S/C10H15FNO3P/c1-3-14-16(13,15-4-2)10-7-8(11)5-6-9(10)12/h5-7H,3-4,12H2,1-2H3. The molecule has 0 atom stereocenters. The SMILES string of the molecule is CCOP(=O)(OCC)c1cc(F)ccc1N. The first kappa shape index (κ1) is 13.2. The van der Waals surface area contributed by atoms with Gasteiger partial charge in [-0.25, -0.2) is 4.39 Å². The maximum Gasteiger partial charge on any atom is 0.363 e. The summed E-state index contributed by atoms with van der Waals surface area (Å²) in [4.78, 5) is 0. The highest BCUT2D eigenvalue weighted by molar-refractivity contribution is 7.62. The van der Waals surface area contributed by atoms with Crippen molar-refractivity contribution in [1.82, 2.24) is 0 Å². The number of nitrogen functional groups attached to an aromatic ring is 1. The maximum absolute atomic E-state index is 13.1. The summed E-state index contributed by atoms with van der Waals surface area (Å²) in [6.07, 6.45) is 0. The fraction of sp³-hybridized carbons (Fsp3) is 0.400. The van der Waals surface area contributed by atoms with E-state index in [2.05, 4.69) is 0 Å². The summed E-state index contributed by atoms with van der Waals surface area (Å²) in [5, 5.41) is 0.0798. The number of nitrogens with two attached hydrogens (primary N) is 1. The van der Waals surface area contributed by atoms with Gasteiger partial charge in [-0.1, -0.05) is 0 Å². The van der Waals surface area contributed by atoms with Gasteiger partial charge in [-0.3, -0.25) is 4.57 Å². The quantitative estimate of drug-likeness (QED) is 0.640. The molecule has 0 unspecified atom stereocenters. The fourth-order valence-electron chi connectivity index (χ4n) is 1.27. The van der Waals surface area contributed by atoms with Crippen molar-refractivity contribution in [3.63, 3.8) is 0 Å². The lowest BCUT2D eigenvalue weighted by Crippen LogP contribution is -2.15. The van der Waals surface area contributed by atoms with Crippen molar-refractivity contribution in [1.29, 1.82) is 0 Å². The second kappa shape index (κ2) is 5.43. The first-order valence-corrected chi connectivity index (χ1v) is 6.52. The average molecular weight is 247 g/mol. The predicted molar refractivity (Wildman–Crippen MR) is 61.3 cm³/mol. The second-order valence-electron chi connectivity index (χ2n) is 3.04. The van der Waals surface area contributed by atoms with Crippen LogP contribution in [0.3, 0.4) is 0 Å². The van der Waals surface area contributed by atoms with E-state index in [-0.39, 0.29) is 24.2 Å². The van der Waals surface area contributed by atoms with Gasteiger partial charge in [-0.15, -0.1) is 0 Å². The Balaban J connectivity index is 3.20. The van der Waals surface area contributed by atoms with Crippen molar-refractivity contribution < 1.29 is 18.0 Å². The summed E-state index contributed by atoms with van der Waals surface area (Å²) >= 11 is 0. The molecule has 1 rings (SSSR count). The molecule has 0 amide bonds. The molecule has 1 aromatic carbocycles. The third kappa shape index (κ3) is 2.82. The summed E-state index contributed by atoms with van der Waals surface area (Å²) in [5.74, 6) is -0.524. The molecular weight excluding hydrogens is 232 g/mol. The molecule has 0 aliphatic heterocycles. The van der Waals surface area contributed by atoms with Crippen LogP contribution in [0.4, 0.5) is 10.1 Å². The predicted octanol–water partition coefficient (Wildman–Crippen LogP) is 2.30. The van der Waals surface area contributed by atoms with Crippen LogP contribution in [0.15, 0.2) is 18.2 Å². The molecule has 6 heteroatoms. The van der Waals surface area contributed by atoms with E-state index in [1.165, 1.54) is 12.1 Å². The lowest BCUT2D eigenvalue weighted by atomic mass is 10.3. The molecule has 0 radical (unpaired) electrons. The van der Waals surface area contributed by atoms with E-state index >= 15 is 0 Å². The van der Waals surface area contributed by atoms with E-state index in [1.54, 1.807) is 13.8 Å². The van der Waals surface area contributed by atoms with Crippen molar-refractivity contribution in [2.75, 3.05) is 18.9 Å². The van der Waals surface area contributed by atoms with Crippen molar-refractivity contribution in [3.05, 3.63) is 24.0 Å². The van der Waals surface area contributed by atoms with E-state index in [0.29, 0.717) is 0 Å². The van der Waals surface area contributed by atoms with Crippen molar-refractivity contribution >= 4 is 18.6 Å². The summed E-state index contributed by atoms with van der Waals surface area (Å²) < 4.78 is 35.5. The van der Waals surface area contributed by atoms with Gasteiger partial charge in [0.15, 0.2) is 0 Å². The van der Waals surface area contributed by atoms with Crippen LogP contribution in [0, 0.1) is 5.82 Å². The fourth-order valence-corrected chi connectivity index (χ4v) is 2.98. The van der Waals surface area contributed by atoms with Gasteiger partial charge in [0.25, 0.3) is 0 Å². The second-order valence-corrected chi connectivity index (χ2v) is 5.03. The van der Waals surface area contributed by atoms with Gasteiger partial charge in [0.05, 0.1) is 18.5 Å². The molecular formula is C10H15FNO3P. The topological polar surface area (TPSA) is 61.5 Å². The molecule has 16 heavy (non-hydrogen) atoms. The first-order chi connectivity index (χ1) is 7.53. The summed E-state index contributed by atoms with van der Waals surface area (Å²) in [5.41, 5.74) is 5.84. The van der Waals surface area contributed by atoms with Crippen LogP contribution in [0.1, 0.15) is 13.8 Å². The van der Waals surface area contributed by atoms with E-state index in [9.17, 15) is 8.96 Å². The molecule has 0 aliphatic rings. The van der Waals surface area contributed by atoms with Crippen molar-refractivity contribution in [2.24, 2.45) is 0 Å². The van der Waals surface area contributed by atoms with Crippen LogP contribution in [0.2, 0.25) is 0 Å². The molecule has 0 aliphatic carbocycles. The van der Waals surface area contributed by atoms with Gasteiger partial charge in [-0.05, 0) is 32.0 Å². The minimum atomic E-state index is -3.50. The molecule has 0 saturated carbocycles. The van der Waals surface area contributed by atoms with E-state index in [4.69, 9.17) is 14.8 Å². The third-order valence-corrected chi connectivity index (χ3v) is 4.06. The number of hydrogen-bond donors (Lipinski definition) is 1. The molecule has 0 saturated heterocycles. The zero-order valence-corrected chi connectivity index (χ0v) is 10.2. The lowest BCUT2D eigenvalue weighted by Gasteiger charge is -2.18. The summed E-state index contributed by atoms with van der Waals surface area (Å²) in [6.45, 7) is 3.77. The number of rotatable bonds is 5. The van der Waals surface area contributed by atoms with Gasteiger partial charge < -0.3 is 14.8 Å². The largest absolute Gasteiger partial charge is 0.398 e. The van der Waals surface area contributed by atoms with Crippen LogP contribution < -0.4 is 11.0 Å². The maximum atomic E-state index is 13.1. The molecule has 1 aromatic rings. The molecule has 0 aromatic heterocycles. The molecule has 0 fully saturated rings. The van der Waals surface area contributed by atoms with Gasteiger partial charge in [0, 0.05) is 5.69 Å². The highest BCUT2D eigenvalue weighted by Crippen LogP contribution is 2.48. The highest BCUT2D eigenvalue weighted by atomic mass is 31.2. The lowest BCUT2D eigenvalue weighted by molar-refractivity contribution is 0.230. The minimum absolute atomic E-state index is 0.0798. The Morgan fingerprint density at radius 1 is 1.31 bits per heavy atom. The third-order valence-electron chi connectivity index (χ3n) is 1.89. The number of halogens is 1. The Bertz CT molecular complexity index is 401. The number of anilines is 1. The molecule has 0 heterocycles. The smallest absolute Gasteiger partial charge is 0.363 e. The Morgan fingerprint density at radius 2 is 1.88 bits per heavy atom. The van der Waals surface area contributed by atoms with Gasteiger partial charge >= 0.3 is 7.60 Å². The number of benzene rings is 1. The zero-order valence-electron chi connectivity index (χ0n) is 9.27. The van der Waals surface area contributed by atoms with Crippen LogP contribution in [-0.4, -0.2) is 13.2 Å². The Labute approximate surface area is 94.1 Å². The van der Waals surface area contributed by atoms with Crippen LogP contribution in [0.25, 0.3) is 0 Å². The van der Waals surface area contributed by atoms with Crippen LogP contribution in [-0.2, 0) is 13.6 Å². The highest BCUT2D eigenvalue weighted by Gasteiger charge is 2.29. The summed E-state index contributed by atoms with van der Waals surface area (Å²) in [6, 6.07) is 3.62. The molecule has 0 bridgehead atoms. The van der Waals surface area contributed by atoms with Crippen molar-refractivity contribution in [2.45, 2.75) is 13.8 Å². The zero-order chi connectivity index (χ0) is 12.2. The first-order valence-electron chi connectivity index (χ1n) is 4.98. The summed E-state index contributed by atoms with van der Waals surface area (Å²) in [7, 11) is -3.50. The van der Waals surface area contributed by atoms with E-state index in [1.807, 2.05) is 0 Å². The van der Waals surface area contributed by atoms with Crippen molar-refractivity contribution in [3.8, 4) is 0 Å². The van der Waals surface area contributed by atoms with Crippen LogP contribution >= 0.6 is 7.60 Å². The normalized spacial score (nSPS) is 11.7. The Morgan fingerprint density at radius 3 is 2.38 bits per heavy atom. The van der Waals surface area contributed by atoms with Crippen LogP contribution in [0.5, 0.6) is 0 Å². The van der Waals surface area contributed by atoms with Gasteiger partial charge in [0.1, 0.15) is 5.82 Å². The molecule has 4 nitrogen and oxygen atoms in total.